The highest BCUT2D eigenvalue weighted by Crippen LogP contribution is 2.29. The van der Waals surface area contributed by atoms with Gasteiger partial charge < -0.3 is 15.3 Å². The molecule has 15 heavy (non-hydrogen) atoms. The van der Waals surface area contributed by atoms with E-state index in [4.69, 9.17) is 5.11 Å². The van der Waals surface area contributed by atoms with Crippen molar-refractivity contribution in [2.75, 3.05) is 19.6 Å². The van der Waals surface area contributed by atoms with Gasteiger partial charge in [0.05, 0.1) is 0 Å². The summed E-state index contributed by atoms with van der Waals surface area (Å²) in [6.45, 7) is 1.93. The molecule has 2 aliphatic heterocycles. The number of likely N-dealkylation sites (tertiary alicyclic amines) is 1. The number of nitrogens with one attached hydrogen (secondary N) is 1. The highest BCUT2D eigenvalue weighted by molar-refractivity contribution is 5.80. The van der Waals surface area contributed by atoms with Crippen LogP contribution in [0.5, 0.6) is 0 Å². The van der Waals surface area contributed by atoms with Crippen molar-refractivity contribution in [3.05, 3.63) is 0 Å². The van der Waals surface area contributed by atoms with Crippen LogP contribution in [0.15, 0.2) is 0 Å². The normalized spacial score (nSPS) is 27.9. The van der Waals surface area contributed by atoms with Gasteiger partial charge in [0.25, 0.3) is 0 Å². The number of rotatable bonds is 1. The van der Waals surface area contributed by atoms with Gasteiger partial charge in [0, 0.05) is 25.6 Å². The maximum atomic E-state index is 11.4. The second-order valence-electron chi connectivity index (χ2n) is 4.29. The lowest BCUT2D eigenvalue weighted by atomic mass is 9.83. The molecule has 2 rings (SSSR count). The first-order valence-corrected chi connectivity index (χ1v) is 5.44. The molecule has 2 saturated heterocycles. The van der Waals surface area contributed by atoms with Crippen LogP contribution in [0, 0.1) is 11.8 Å². The molecule has 84 valence electrons. The summed E-state index contributed by atoms with van der Waals surface area (Å²) < 4.78 is 0. The van der Waals surface area contributed by atoms with Crippen LogP contribution in [0.25, 0.3) is 0 Å². The zero-order valence-electron chi connectivity index (χ0n) is 8.61. The van der Waals surface area contributed by atoms with Crippen LogP contribution in [0.3, 0.4) is 0 Å². The molecule has 2 heterocycles. The molecule has 0 spiro atoms. The van der Waals surface area contributed by atoms with Crippen molar-refractivity contribution in [3.63, 3.8) is 0 Å². The van der Waals surface area contributed by atoms with Crippen LogP contribution in [0.2, 0.25) is 0 Å². The van der Waals surface area contributed by atoms with Crippen LogP contribution in [0.1, 0.15) is 19.3 Å². The topological polar surface area (TPSA) is 69.6 Å². The SMILES string of the molecule is O=C1NCCC1C1CCN(C(=O)O)CC1. The van der Waals surface area contributed by atoms with Gasteiger partial charge in [-0.3, -0.25) is 4.79 Å². The van der Waals surface area contributed by atoms with Crippen LogP contribution < -0.4 is 5.32 Å². The summed E-state index contributed by atoms with van der Waals surface area (Å²) in [5, 5.41) is 11.6. The highest BCUT2D eigenvalue weighted by Gasteiger charge is 2.34. The molecular formula is C10H16N2O3. The van der Waals surface area contributed by atoms with Gasteiger partial charge >= 0.3 is 6.09 Å². The summed E-state index contributed by atoms with van der Waals surface area (Å²) in [7, 11) is 0. The van der Waals surface area contributed by atoms with Crippen LogP contribution in [0.4, 0.5) is 4.79 Å². The van der Waals surface area contributed by atoms with Crippen molar-refractivity contribution >= 4 is 12.0 Å². The Balaban J connectivity index is 1.87. The van der Waals surface area contributed by atoms with Crippen molar-refractivity contribution in [1.82, 2.24) is 10.2 Å². The fourth-order valence-electron chi connectivity index (χ4n) is 2.56. The largest absolute Gasteiger partial charge is 0.465 e. The van der Waals surface area contributed by atoms with Gasteiger partial charge in [-0.05, 0) is 25.2 Å². The molecule has 0 saturated carbocycles. The second kappa shape index (κ2) is 4.08. The van der Waals surface area contributed by atoms with E-state index in [1.54, 1.807) is 0 Å². The molecule has 0 bridgehead atoms. The van der Waals surface area contributed by atoms with E-state index in [-0.39, 0.29) is 11.8 Å². The van der Waals surface area contributed by atoms with E-state index in [2.05, 4.69) is 5.32 Å². The molecule has 0 aromatic carbocycles. The third-order valence-electron chi connectivity index (χ3n) is 3.47. The summed E-state index contributed by atoms with van der Waals surface area (Å²) >= 11 is 0. The van der Waals surface area contributed by atoms with Crippen LogP contribution in [-0.2, 0) is 4.79 Å². The predicted molar refractivity (Wildman–Crippen MR) is 53.4 cm³/mol. The van der Waals surface area contributed by atoms with Crippen molar-refractivity contribution in [1.29, 1.82) is 0 Å². The van der Waals surface area contributed by atoms with Gasteiger partial charge in [-0.2, -0.15) is 0 Å². The lowest BCUT2D eigenvalue weighted by molar-refractivity contribution is -0.124. The molecule has 0 aliphatic carbocycles. The van der Waals surface area contributed by atoms with Crippen LogP contribution >= 0.6 is 0 Å². The fraction of sp³-hybridized carbons (Fsp3) is 0.800. The first kappa shape index (κ1) is 10.3. The molecule has 1 unspecified atom stereocenters. The number of nitrogens with zero attached hydrogens (tertiary/aromatic N) is 1. The van der Waals surface area contributed by atoms with E-state index in [1.807, 2.05) is 0 Å². The zero-order chi connectivity index (χ0) is 10.8. The van der Waals surface area contributed by atoms with Crippen molar-refractivity contribution in [2.45, 2.75) is 19.3 Å². The number of carboxylic acid groups (broad SMARTS) is 1. The zero-order valence-corrected chi connectivity index (χ0v) is 8.61. The minimum absolute atomic E-state index is 0.126. The number of carbonyl (C=O) groups is 2. The minimum Gasteiger partial charge on any atom is -0.465 e. The lowest BCUT2D eigenvalue weighted by Gasteiger charge is -2.32. The quantitative estimate of drug-likeness (QED) is 0.665. The van der Waals surface area contributed by atoms with Gasteiger partial charge in [-0.25, -0.2) is 4.79 Å². The Morgan fingerprint density at radius 2 is 2.00 bits per heavy atom. The van der Waals surface area contributed by atoms with Gasteiger partial charge in [0.2, 0.25) is 5.91 Å². The molecule has 5 heteroatoms. The highest BCUT2D eigenvalue weighted by atomic mass is 16.4. The number of carbonyl (C=O) groups excluding carboxylic acids is 1. The summed E-state index contributed by atoms with van der Waals surface area (Å²) in [6.07, 6.45) is 1.72. The van der Waals surface area contributed by atoms with Crippen molar-refractivity contribution < 1.29 is 14.7 Å². The Morgan fingerprint density at radius 1 is 1.33 bits per heavy atom. The number of hydrogen-bond donors (Lipinski definition) is 2. The third-order valence-corrected chi connectivity index (χ3v) is 3.47. The number of hydrogen-bond acceptors (Lipinski definition) is 2. The lowest BCUT2D eigenvalue weighted by Crippen LogP contribution is -2.40. The van der Waals surface area contributed by atoms with Gasteiger partial charge in [-0.1, -0.05) is 0 Å². The summed E-state index contributed by atoms with van der Waals surface area (Å²) in [6, 6.07) is 0. The number of amides is 2. The molecule has 2 amide bonds. The van der Waals surface area contributed by atoms with Gasteiger partial charge in [0.15, 0.2) is 0 Å². The average molecular weight is 212 g/mol. The number of piperidine rings is 1. The summed E-state index contributed by atoms with van der Waals surface area (Å²) in [4.78, 5) is 23.6. The van der Waals surface area contributed by atoms with Crippen molar-refractivity contribution in [2.24, 2.45) is 11.8 Å². The fourth-order valence-corrected chi connectivity index (χ4v) is 2.56. The van der Waals surface area contributed by atoms with E-state index < -0.39 is 6.09 Å². The Labute approximate surface area is 88.4 Å². The average Bonchev–Trinajstić information content (AvgIpc) is 2.65. The Kier molecular flexibility index (Phi) is 2.79. The molecule has 0 radical (unpaired) electrons. The van der Waals surface area contributed by atoms with Gasteiger partial charge in [-0.15, -0.1) is 0 Å². The van der Waals surface area contributed by atoms with E-state index in [9.17, 15) is 9.59 Å². The van der Waals surface area contributed by atoms with E-state index in [0.29, 0.717) is 19.0 Å². The summed E-state index contributed by atoms with van der Waals surface area (Å²) in [5.41, 5.74) is 0. The minimum atomic E-state index is -0.843. The smallest absolute Gasteiger partial charge is 0.407 e. The predicted octanol–water partition coefficient (Wildman–Crippen LogP) is 0.512. The van der Waals surface area contributed by atoms with E-state index in [0.717, 1.165) is 25.8 Å². The molecule has 2 fully saturated rings. The van der Waals surface area contributed by atoms with Gasteiger partial charge in [0.1, 0.15) is 0 Å². The molecule has 0 aromatic rings. The third kappa shape index (κ3) is 2.06. The monoisotopic (exact) mass is 212 g/mol. The maximum absolute atomic E-state index is 11.4. The Hall–Kier alpha value is -1.26. The first-order valence-electron chi connectivity index (χ1n) is 5.44. The second-order valence-corrected chi connectivity index (χ2v) is 4.29. The van der Waals surface area contributed by atoms with E-state index >= 15 is 0 Å². The maximum Gasteiger partial charge on any atom is 0.407 e. The first-order chi connectivity index (χ1) is 7.18. The van der Waals surface area contributed by atoms with Crippen LogP contribution in [-0.4, -0.2) is 41.6 Å². The molecule has 5 nitrogen and oxygen atoms in total. The molecular weight excluding hydrogens is 196 g/mol. The Morgan fingerprint density at radius 3 is 2.47 bits per heavy atom. The summed E-state index contributed by atoms with van der Waals surface area (Å²) in [5.74, 6) is 0.660. The van der Waals surface area contributed by atoms with Crippen molar-refractivity contribution in [3.8, 4) is 0 Å². The molecule has 2 N–H and O–H groups in total. The molecule has 1 atom stereocenters. The Bertz CT molecular complexity index is 272. The van der Waals surface area contributed by atoms with E-state index in [1.165, 1.54) is 4.90 Å². The molecule has 0 aromatic heterocycles. The molecule has 2 aliphatic rings. The standard InChI is InChI=1S/C10H16N2O3/c13-9-8(1-4-11-9)7-2-5-12(6-3-7)10(14)15/h7-8H,1-6H2,(H,11,13)(H,14,15).